The van der Waals surface area contributed by atoms with Crippen molar-refractivity contribution in [2.24, 2.45) is 0 Å². The van der Waals surface area contributed by atoms with Gasteiger partial charge in [-0.15, -0.1) is 0 Å². The highest BCUT2D eigenvalue weighted by atomic mass is 32.2. The van der Waals surface area contributed by atoms with Crippen LogP contribution in [0.2, 0.25) is 0 Å². The van der Waals surface area contributed by atoms with Crippen molar-refractivity contribution >= 4 is 40.6 Å². The van der Waals surface area contributed by atoms with Crippen molar-refractivity contribution in [1.29, 1.82) is 0 Å². The molecule has 2 amide bonds. The summed E-state index contributed by atoms with van der Waals surface area (Å²) in [7, 11) is 1.35. The lowest BCUT2D eigenvalue weighted by atomic mass is 10.2. The Hall–Kier alpha value is -3.58. The molecule has 7 heteroatoms. The van der Waals surface area contributed by atoms with Gasteiger partial charge in [0.15, 0.2) is 0 Å². The fourth-order valence-electron chi connectivity index (χ4n) is 3.60. The predicted molar refractivity (Wildman–Crippen MR) is 121 cm³/mol. The van der Waals surface area contributed by atoms with E-state index in [1.807, 2.05) is 42.7 Å². The first-order chi connectivity index (χ1) is 14.9. The van der Waals surface area contributed by atoms with Gasteiger partial charge >= 0.3 is 5.97 Å². The lowest BCUT2D eigenvalue weighted by molar-refractivity contribution is -0.113. The maximum Gasteiger partial charge on any atom is 0.337 e. The Kier molecular flexibility index (Phi) is 5.52. The maximum absolute atomic E-state index is 12.9. The quantitative estimate of drug-likeness (QED) is 0.423. The van der Waals surface area contributed by atoms with E-state index in [1.54, 1.807) is 42.5 Å². The number of esters is 1. The molecule has 0 atom stereocenters. The van der Waals surface area contributed by atoms with E-state index in [9.17, 15) is 14.4 Å². The number of aromatic nitrogens is 1. The molecule has 2 aromatic carbocycles. The molecule has 31 heavy (non-hydrogen) atoms. The first kappa shape index (κ1) is 20.7. The summed E-state index contributed by atoms with van der Waals surface area (Å²) in [6, 6.07) is 18.0. The molecule has 3 aromatic rings. The number of hydrogen-bond donors (Lipinski definition) is 0. The van der Waals surface area contributed by atoms with Crippen molar-refractivity contribution in [3.8, 4) is 5.69 Å². The van der Waals surface area contributed by atoms with E-state index in [1.165, 1.54) is 12.0 Å². The summed E-state index contributed by atoms with van der Waals surface area (Å²) in [6.45, 7) is 3.92. The van der Waals surface area contributed by atoms with Crippen molar-refractivity contribution in [1.82, 2.24) is 4.57 Å². The number of nitrogens with zero attached hydrogens (tertiary/aromatic N) is 2. The van der Waals surface area contributed by atoms with Gasteiger partial charge in [-0.05, 0) is 79.7 Å². The number of amides is 2. The minimum atomic E-state index is -0.387. The van der Waals surface area contributed by atoms with Crippen LogP contribution in [0.25, 0.3) is 11.8 Å². The van der Waals surface area contributed by atoms with Crippen LogP contribution in [0.3, 0.4) is 0 Å². The van der Waals surface area contributed by atoms with Gasteiger partial charge in [0.2, 0.25) is 0 Å². The molecular weight excluding hydrogens is 412 g/mol. The Morgan fingerprint density at radius 2 is 1.65 bits per heavy atom. The maximum atomic E-state index is 12.9. The summed E-state index contributed by atoms with van der Waals surface area (Å²) in [6.07, 6.45) is 1.76. The van der Waals surface area contributed by atoms with E-state index < -0.39 is 0 Å². The molecule has 156 valence electrons. The van der Waals surface area contributed by atoms with E-state index in [0.29, 0.717) is 16.2 Å². The third-order valence-corrected chi connectivity index (χ3v) is 5.98. The van der Waals surface area contributed by atoms with Gasteiger partial charge in [-0.25, -0.2) is 9.69 Å². The highest BCUT2D eigenvalue weighted by Gasteiger charge is 2.36. The molecule has 0 unspecified atom stereocenters. The third kappa shape index (κ3) is 3.80. The number of anilines is 1. The molecule has 1 aliphatic heterocycles. The molecule has 0 bridgehead atoms. The Bertz CT molecular complexity index is 1210. The van der Waals surface area contributed by atoms with Crippen LogP contribution in [0.4, 0.5) is 10.5 Å². The van der Waals surface area contributed by atoms with Gasteiger partial charge in [-0.3, -0.25) is 9.59 Å². The Labute approximate surface area is 184 Å². The molecular formula is C24H20N2O4S. The normalized spacial score (nSPS) is 15.1. The van der Waals surface area contributed by atoms with Gasteiger partial charge in [0.25, 0.3) is 11.1 Å². The molecule has 0 saturated carbocycles. The molecule has 2 heterocycles. The summed E-state index contributed by atoms with van der Waals surface area (Å²) in [5.41, 5.74) is 4.67. The number of rotatable bonds is 4. The van der Waals surface area contributed by atoms with Crippen LogP contribution in [0.1, 0.15) is 27.3 Å². The zero-order valence-electron chi connectivity index (χ0n) is 17.3. The fraction of sp³-hybridized carbons (Fsp3) is 0.125. The first-order valence-corrected chi connectivity index (χ1v) is 10.4. The van der Waals surface area contributed by atoms with Gasteiger partial charge in [0.05, 0.1) is 23.3 Å². The molecule has 6 nitrogen and oxygen atoms in total. The largest absolute Gasteiger partial charge is 0.465 e. The molecule has 1 aliphatic rings. The van der Waals surface area contributed by atoms with Crippen LogP contribution >= 0.6 is 11.8 Å². The fourth-order valence-corrected chi connectivity index (χ4v) is 4.44. The van der Waals surface area contributed by atoms with Crippen molar-refractivity contribution in [2.45, 2.75) is 13.8 Å². The number of benzene rings is 2. The number of ether oxygens (including phenoxy) is 1. The number of carbonyl (C=O) groups is 3. The Morgan fingerprint density at radius 1 is 0.968 bits per heavy atom. The summed E-state index contributed by atoms with van der Waals surface area (Å²) in [5, 5.41) is -0.311. The van der Waals surface area contributed by atoms with Crippen LogP contribution < -0.4 is 4.90 Å². The van der Waals surface area contributed by atoms with Crippen molar-refractivity contribution in [2.75, 3.05) is 12.0 Å². The van der Waals surface area contributed by atoms with Crippen LogP contribution in [-0.4, -0.2) is 28.8 Å². The minimum absolute atomic E-state index is 0.311. The van der Waals surface area contributed by atoms with Gasteiger partial charge in [0.1, 0.15) is 0 Å². The second-order valence-corrected chi connectivity index (χ2v) is 8.05. The van der Waals surface area contributed by atoms with E-state index >= 15 is 0 Å². The van der Waals surface area contributed by atoms with Crippen molar-refractivity contribution < 1.29 is 19.1 Å². The standard InChI is InChI=1S/C24H20N2O4S/c1-15-13-18(16(2)25(15)20-11-9-17(10-12-20)23(28)30-3)14-21-22(27)26(24(29)31-21)19-7-5-4-6-8-19/h4-14H,1-3H3. The summed E-state index contributed by atoms with van der Waals surface area (Å²) >= 11 is 0.937. The number of para-hydroxylation sites is 1. The number of aryl methyl sites for hydroxylation is 1. The van der Waals surface area contributed by atoms with E-state index in [0.717, 1.165) is 34.4 Å². The molecule has 0 aliphatic carbocycles. The Balaban J connectivity index is 1.66. The average Bonchev–Trinajstić information content (AvgIpc) is 3.22. The highest BCUT2D eigenvalue weighted by molar-refractivity contribution is 8.19. The lowest BCUT2D eigenvalue weighted by Crippen LogP contribution is -2.27. The van der Waals surface area contributed by atoms with Crippen LogP contribution in [0.5, 0.6) is 0 Å². The molecule has 4 rings (SSSR count). The smallest absolute Gasteiger partial charge is 0.337 e. The Morgan fingerprint density at radius 3 is 2.29 bits per heavy atom. The molecule has 1 aromatic heterocycles. The third-order valence-electron chi connectivity index (χ3n) is 5.11. The molecule has 0 radical (unpaired) electrons. The molecule has 0 N–H and O–H groups in total. The topological polar surface area (TPSA) is 68.6 Å². The minimum Gasteiger partial charge on any atom is -0.465 e. The molecule has 1 fully saturated rings. The van der Waals surface area contributed by atoms with E-state index in [2.05, 4.69) is 0 Å². The predicted octanol–water partition coefficient (Wildman–Crippen LogP) is 5.12. The van der Waals surface area contributed by atoms with Crippen LogP contribution in [0, 0.1) is 13.8 Å². The number of carbonyl (C=O) groups excluding carboxylic acids is 3. The summed E-state index contributed by atoms with van der Waals surface area (Å²) < 4.78 is 6.78. The highest BCUT2D eigenvalue weighted by Crippen LogP contribution is 2.36. The first-order valence-electron chi connectivity index (χ1n) is 9.61. The zero-order valence-corrected chi connectivity index (χ0v) is 18.1. The van der Waals surface area contributed by atoms with Gasteiger partial charge < -0.3 is 9.30 Å². The van der Waals surface area contributed by atoms with Crippen LogP contribution in [0.15, 0.2) is 65.6 Å². The number of hydrogen-bond acceptors (Lipinski definition) is 5. The van der Waals surface area contributed by atoms with Crippen molar-refractivity contribution in [3.05, 3.63) is 88.1 Å². The number of methoxy groups -OCH3 is 1. The van der Waals surface area contributed by atoms with Crippen LogP contribution in [-0.2, 0) is 9.53 Å². The summed E-state index contributed by atoms with van der Waals surface area (Å²) in [5.74, 6) is -0.712. The van der Waals surface area contributed by atoms with Gasteiger partial charge in [-0.2, -0.15) is 0 Å². The molecule has 1 saturated heterocycles. The van der Waals surface area contributed by atoms with Gasteiger partial charge in [-0.1, -0.05) is 18.2 Å². The zero-order chi connectivity index (χ0) is 22.1. The van der Waals surface area contributed by atoms with E-state index in [-0.39, 0.29) is 17.1 Å². The monoisotopic (exact) mass is 432 g/mol. The lowest BCUT2D eigenvalue weighted by Gasteiger charge is -2.11. The number of imide groups is 1. The second-order valence-electron chi connectivity index (χ2n) is 7.05. The number of thioether (sulfide) groups is 1. The molecule has 0 spiro atoms. The average molecular weight is 433 g/mol. The SMILES string of the molecule is COC(=O)c1ccc(-n2c(C)cc(C=C3SC(=O)N(c4ccccc4)C3=O)c2C)cc1. The summed E-state index contributed by atoms with van der Waals surface area (Å²) in [4.78, 5) is 38.6. The van der Waals surface area contributed by atoms with E-state index in [4.69, 9.17) is 4.74 Å². The second kappa shape index (κ2) is 8.28. The van der Waals surface area contributed by atoms with Gasteiger partial charge in [0, 0.05) is 17.1 Å². The van der Waals surface area contributed by atoms with Crippen molar-refractivity contribution in [3.63, 3.8) is 0 Å².